The molecule has 3 aromatic rings. The summed E-state index contributed by atoms with van der Waals surface area (Å²) in [6.07, 6.45) is 1.74. The quantitative estimate of drug-likeness (QED) is 0.602. The van der Waals surface area contributed by atoms with Crippen LogP contribution in [-0.2, 0) is 14.9 Å². The van der Waals surface area contributed by atoms with Crippen LogP contribution >= 0.6 is 0 Å². The molecule has 2 aliphatic rings. The highest BCUT2D eigenvalue weighted by Gasteiger charge is 2.44. The van der Waals surface area contributed by atoms with Gasteiger partial charge in [-0.05, 0) is 48.4 Å². The van der Waals surface area contributed by atoms with Crippen molar-refractivity contribution in [3.8, 4) is 11.3 Å². The molecule has 1 aromatic heterocycles. The molecule has 5 rings (SSSR count). The van der Waals surface area contributed by atoms with Crippen LogP contribution in [0.15, 0.2) is 53.3 Å². The number of carbonyl (C=O) groups is 1. The third kappa shape index (κ3) is 3.54. The van der Waals surface area contributed by atoms with Gasteiger partial charge in [0.05, 0.1) is 0 Å². The molecule has 2 unspecified atom stereocenters. The van der Waals surface area contributed by atoms with Crippen LogP contribution in [-0.4, -0.2) is 28.5 Å². The minimum Gasteiger partial charge on any atom is -0.351 e. The fraction of sp³-hybridized carbons (Fsp3) is 0.333. The third-order valence-corrected chi connectivity index (χ3v) is 6.61. The van der Waals surface area contributed by atoms with Crippen molar-refractivity contribution in [1.82, 2.24) is 10.3 Å². The van der Waals surface area contributed by atoms with Crippen LogP contribution in [0.1, 0.15) is 37.7 Å². The Morgan fingerprint density at radius 1 is 1.10 bits per heavy atom. The average molecular weight is 422 g/mol. The lowest BCUT2D eigenvalue weighted by molar-refractivity contribution is -0.127. The Labute approximate surface area is 178 Å². The van der Waals surface area contributed by atoms with Crippen molar-refractivity contribution in [2.45, 2.75) is 50.0 Å². The van der Waals surface area contributed by atoms with Crippen LogP contribution in [0.4, 0.5) is 4.39 Å². The molecule has 1 saturated heterocycles. The van der Waals surface area contributed by atoms with Crippen LogP contribution < -0.4 is 10.9 Å². The topological polar surface area (TPSA) is 91.4 Å². The number of aromatic amines is 1. The van der Waals surface area contributed by atoms with E-state index in [1.54, 1.807) is 12.1 Å². The summed E-state index contributed by atoms with van der Waals surface area (Å²) in [4.78, 5) is 28.2. The predicted octanol–water partition coefficient (Wildman–Crippen LogP) is 3.33. The van der Waals surface area contributed by atoms with Crippen LogP contribution in [0.25, 0.3) is 22.0 Å². The van der Waals surface area contributed by atoms with Crippen LogP contribution in [0.5, 0.6) is 0 Å². The molecular formula is C24H23FN2O4. The standard InChI is InChI=1S/C24H23FN2O4/c25-18-5-3-4-14-6-7-15(12-16(14)18)19-9-8-17(21(28)26-19)24(10-1-2-11-24)13-20-22(29)27-23(30)31-20/h3-9,12,20,23,30H,1-2,10-11,13H2,(H,26,28)(H,27,29). The monoisotopic (exact) mass is 422 g/mol. The molecule has 1 amide bonds. The van der Waals surface area contributed by atoms with Crippen LogP contribution in [0, 0.1) is 5.82 Å². The number of hydrogen-bond acceptors (Lipinski definition) is 4. The van der Waals surface area contributed by atoms with Crippen molar-refractivity contribution in [2.75, 3.05) is 0 Å². The SMILES string of the molecule is O=C1NC(O)OC1CC1(c2ccc(-c3ccc4cccc(F)c4c3)[nH]c2=O)CCCC1. The molecule has 0 bridgehead atoms. The molecule has 2 fully saturated rings. The molecule has 2 aromatic carbocycles. The second-order valence-electron chi connectivity index (χ2n) is 8.47. The summed E-state index contributed by atoms with van der Waals surface area (Å²) in [5.74, 6) is -0.662. The Hall–Kier alpha value is -3.03. The van der Waals surface area contributed by atoms with Crippen molar-refractivity contribution in [3.05, 3.63) is 70.3 Å². The van der Waals surface area contributed by atoms with Crippen molar-refractivity contribution in [3.63, 3.8) is 0 Å². The number of carbonyl (C=O) groups excluding carboxylic acids is 1. The molecule has 0 radical (unpaired) electrons. The minimum atomic E-state index is -1.30. The number of benzene rings is 2. The number of aromatic nitrogens is 1. The number of hydrogen-bond donors (Lipinski definition) is 3. The third-order valence-electron chi connectivity index (χ3n) is 6.61. The highest BCUT2D eigenvalue weighted by atomic mass is 19.1. The van der Waals surface area contributed by atoms with E-state index in [0.29, 0.717) is 23.1 Å². The zero-order valence-corrected chi connectivity index (χ0v) is 16.9. The number of pyridine rings is 1. The van der Waals surface area contributed by atoms with Gasteiger partial charge in [0.1, 0.15) is 11.9 Å². The molecule has 7 heteroatoms. The summed E-state index contributed by atoms with van der Waals surface area (Å²) in [7, 11) is 0. The minimum absolute atomic E-state index is 0.216. The Morgan fingerprint density at radius 3 is 2.61 bits per heavy atom. The first-order chi connectivity index (χ1) is 14.9. The summed E-state index contributed by atoms with van der Waals surface area (Å²) in [5.41, 5.74) is 1.26. The molecule has 2 heterocycles. The fourth-order valence-corrected chi connectivity index (χ4v) is 5.06. The van der Waals surface area contributed by atoms with E-state index in [0.717, 1.165) is 36.6 Å². The first-order valence-electron chi connectivity index (χ1n) is 10.5. The number of fused-ring (bicyclic) bond motifs is 1. The van der Waals surface area contributed by atoms with E-state index in [-0.39, 0.29) is 17.3 Å². The number of rotatable bonds is 4. The Balaban J connectivity index is 1.50. The molecule has 3 N–H and O–H groups in total. The van der Waals surface area contributed by atoms with Gasteiger partial charge in [-0.15, -0.1) is 0 Å². The summed E-state index contributed by atoms with van der Waals surface area (Å²) in [6.45, 7) is 0. The van der Waals surface area contributed by atoms with Crippen molar-refractivity contribution >= 4 is 16.7 Å². The maximum atomic E-state index is 14.2. The molecule has 160 valence electrons. The summed E-state index contributed by atoms with van der Waals surface area (Å²) in [5, 5.41) is 13.2. The number of H-pyrrole nitrogens is 1. The first kappa shape index (κ1) is 19.9. The van der Waals surface area contributed by atoms with Gasteiger partial charge in [0.15, 0.2) is 0 Å². The van der Waals surface area contributed by atoms with Gasteiger partial charge in [-0.2, -0.15) is 0 Å². The predicted molar refractivity (Wildman–Crippen MR) is 114 cm³/mol. The van der Waals surface area contributed by atoms with E-state index in [1.165, 1.54) is 6.07 Å². The van der Waals surface area contributed by atoms with E-state index < -0.39 is 17.9 Å². The second kappa shape index (κ2) is 7.59. The van der Waals surface area contributed by atoms with E-state index in [1.807, 2.05) is 30.3 Å². The van der Waals surface area contributed by atoms with Gasteiger partial charge >= 0.3 is 0 Å². The number of amides is 1. The summed E-state index contributed by atoms with van der Waals surface area (Å²) < 4.78 is 19.5. The Morgan fingerprint density at radius 2 is 1.90 bits per heavy atom. The number of aliphatic hydroxyl groups is 1. The first-order valence-corrected chi connectivity index (χ1v) is 10.5. The zero-order valence-electron chi connectivity index (χ0n) is 16.9. The molecule has 6 nitrogen and oxygen atoms in total. The van der Waals surface area contributed by atoms with Crippen molar-refractivity contribution < 1.29 is 19.0 Å². The largest absolute Gasteiger partial charge is 0.351 e. The molecule has 31 heavy (non-hydrogen) atoms. The summed E-state index contributed by atoms with van der Waals surface area (Å²) in [6, 6.07) is 14.0. The van der Waals surface area contributed by atoms with Gasteiger partial charge in [0.25, 0.3) is 11.5 Å². The molecular weight excluding hydrogens is 399 g/mol. The van der Waals surface area contributed by atoms with Gasteiger partial charge in [0, 0.05) is 22.1 Å². The second-order valence-corrected chi connectivity index (χ2v) is 8.47. The van der Waals surface area contributed by atoms with Crippen molar-refractivity contribution in [2.24, 2.45) is 0 Å². The lowest BCUT2D eigenvalue weighted by atomic mass is 9.75. The fourth-order valence-electron chi connectivity index (χ4n) is 5.06. The van der Waals surface area contributed by atoms with Gasteiger partial charge in [-0.3, -0.25) is 9.59 Å². The molecule has 2 atom stereocenters. The van der Waals surface area contributed by atoms with Crippen LogP contribution in [0.2, 0.25) is 0 Å². The van der Waals surface area contributed by atoms with E-state index in [2.05, 4.69) is 10.3 Å². The van der Waals surface area contributed by atoms with Gasteiger partial charge in [0.2, 0.25) is 6.41 Å². The van der Waals surface area contributed by atoms with Gasteiger partial charge in [-0.25, -0.2) is 4.39 Å². The Bertz CT molecular complexity index is 1220. The molecule has 1 aliphatic heterocycles. The van der Waals surface area contributed by atoms with Gasteiger partial charge in [-0.1, -0.05) is 43.2 Å². The molecule has 0 spiro atoms. The number of aliphatic hydroxyl groups excluding tert-OH is 1. The van der Waals surface area contributed by atoms with E-state index in [9.17, 15) is 19.1 Å². The number of nitrogens with one attached hydrogen (secondary N) is 2. The highest BCUT2D eigenvalue weighted by Crippen LogP contribution is 2.44. The van der Waals surface area contributed by atoms with E-state index >= 15 is 0 Å². The number of halogens is 1. The summed E-state index contributed by atoms with van der Waals surface area (Å²) >= 11 is 0. The maximum Gasteiger partial charge on any atom is 0.253 e. The molecule has 1 aliphatic carbocycles. The van der Waals surface area contributed by atoms with Gasteiger partial charge < -0.3 is 20.1 Å². The normalized spacial score (nSPS) is 22.7. The highest BCUT2D eigenvalue weighted by molar-refractivity contribution is 5.87. The van der Waals surface area contributed by atoms with E-state index in [4.69, 9.17) is 4.74 Å². The smallest absolute Gasteiger partial charge is 0.253 e. The lowest BCUT2D eigenvalue weighted by Gasteiger charge is -2.30. The van der Waals surface area contributed by atoms with Crippen molar-refractivity contribution in [1.29, 1.82) is 0 Å². The van der Waals surface area contributed by atoms with Crippen LogP contribution in [0.3, 0.4) is 0 Å². The zero-order chi connectivity index (χ0) is 21.6. The average Bonchev–Trinajstić information content (AvgIpc) is 3.34. The number of ether oxygens (including phenoxy) is 1. The molecule has 1 saturated carbocycles. The maximum absolute atomic E-state index is 14.2. The Kier molecular flexibility index (Phi) is 4.87. The lowest BCUT2D eigenvalue weighted by Crippen LogP contribution is -2.37.